The van der Waals surface area contributed by atoms with E-state index in [1.54, 1.807) is 19.1 Å². The summed E-state index contributed by atoms with van der Waals surface area (Å²) in [5, 5.41) is 9.20. The molecule has 4 nitrogen and oxygen atoms in total. The van der Waals surface area contributed by atoms with Crippen molar-refractivity contribution in [1.29, 1.82) is 0 Å². The molecule has 32 heavy (non-hydrogen) atoms. The van der Waals surface area contributed by atoms with Crippen LogP contribution in [0.3, 0.4) is 0 Å². The molecule has 0 aliphatic heterocycles. The molecule has 3 N–H and O–H groups in total. The fourth-order valence-electron chi connectivity index (χ4n) is 2.79. The SMILES string of the molecule is Cc1ccc(SNCCc2ccc(NSc3ccc(C(F)(F)F)cc3)cc2)cc1C(=O)O. The molecular weight excluding hydrogens is 457 g/mol. The minimum absolute atomic E-state index is 0.300. The molecule has 0 spiro atoms. The van der Waals surface area contributed by atoms with Crippen molar-refractivity contribution < 1.29 is 23.1 Å². The van der Waals surface area contributed by atoms with Gasteiger partial charge >= 0.3 is 12.1 Å². The monoisotopic (exact) mass is 478 g/mol. The van der Waals surface area contributed by atoms with Gasteiger partial charge < -0.3 is 9.83 Å². The van der Waals surface area contributed by atoms with Crippen LogP contribution in [0.5, 0.6) is 0 Å². The van der Waals surface area contributed by atoms with Gasteiger partial charge in [0.25, 0.3) is 0 Å². The van der Waals surface area contributed by atoms with Crippen molar-refractivity contribution in [3.05, 3.63) is 89.0 Å². The first kappa shape index (κ1) is 24.0. The Morgan fingerprint density at radius 2 is 1.59 bits per heavy atom. The topological polar surface area (TPSA) is 61.4 Å². The van der Waals surface area contributed by atoms with Gasteiger partial charge in [-0.2, -0.15) is 13.2 Å². The molecular formula is C23H21F3N2O2S2. The molecule has 168 valence electrons. The number of aryl methyl sites for hydroxylation is 1. The number of aromatic carboxylic acids is 1. The van der Waals surface area contributed by atoms with Gasteiger partial charge in [0, 0.05) is 22.0 Å². The van der Waals surface area contributed by atoms with E-state index in [1.807, 2.05) is 30.3 Å². The minimum Gasteiger partial charge on any atom is -0.478 e. The molecule has 0 aromatic heterocycles. The Morgan fingerprint density at radius 1 is 0.938 bits per heavy atom. The lowest BCUT2D eigenvalue weighted by molar-refractivity contribution is -0.137. The molecule has 0 bridgehead atoms. The predicted octanol–water partition coefficient (Wildman–Crippen LogP) is 6.67. The van der Waals surface area contributed by atoms with Gasteiger partial charge in [-0.25, -0.2) is 4.79 Å². The Labute approximate surface area is 192 Å². The third kappa shape index (κ3) is 6.94. The molecule has 0 fully saturated rings. The first-order chi connectivity index (χ1) is 15.2. The Hall–Kier alpha value is -2.62. The summed E-state index contributed by atoms with van der Waals surface area (Å²) in [6, 6.07) is 18.1. The summed E-state index contributed by atoms with van der Waals surface area (Å²) in [4.78, 5) is 12.7. The van der Waals surface area contributed by atoms with E-state index in [0.29, 0.717) is 17.0 Å². The summed E-state index contributed by atoms with van der Waals surface area (Å²) in [5.41, 5.74) is 2.34. The molecule has 0 saturated heterocycles. The Morgan fingerprint density at radius 3 is 2.22 bits per heavy atom. The van der Waals surface area contributed by atoms with E-state index in [4.69, 9.17) is 0 Å². The van der Waals surface area contributed by atoms with Gasteiger partial charge in [0.15, 0.2) is 0 Å². The maximum Gasteiger partial charge on any atom is 0.416 e. The van der Waals surface area contributed by atoms with Crippen molar-refractivity contribution in [1.82, 2.24) is 4.72 Å². The largest absolute Gasteiger partial charge is 0.478 e. The molecule has 0 amide bonds. The zero-order valence-electron chi connectivity index (χ0n) is 17.1. The summed E-state index contributed by atoms with van der Waals surface area (Å²) in [6.45, 7) is 2.47. The second kappa shape index (κ2) is 10.8. The summed E-state index contributed by atoms with van der Waals surface area (Å²) in [6.07, 6.45) is -3.54. The van der Waals surface area contributed by atoms with Crippen molar-refractivity contribution in [3.63, 3.8) is 0 Å². The highest BCUT2D eigenvalue weighted by atomic mass is 32.2. The first-order valence-corrected chi connectivity index (χ1v) is 11.3. The maximum absolute atomic E-state index is 12.6. The van der Waals surface area contributed by atoms with Crippen LogP contribution < -0.4 is 9.44 Å². The molecule has 0 heterocycles. The average Bonchev–Trinajstić information content (AvgIpc) is 2.76. The summed E-state index contributed by atoms with van der Waals surface area (Å²) < 4.78 is 44.2. The van der Waals surface area contributed by atoms with Crippen LogP contribution in [-0.4, -0.2) is 17.6 Å². The Kier molecular flexibility index (Phi) is 8.11. The van der Waals surface area contributed by atoms with Crippen molar-refractivity contribution in [2.75, 3.05) is 11.3 Å². The van der Waals surface area contributed by atoms with E-state index in [-0.39, 0.29) is 0 Å². The zero-order valence-corrected chi connectivity index (χ0v) is 18.7. The highest BCUT2D eigenvalue weighted by Gasteiger charge is 2.29. The van der Waals surface area contributed by atoms with Crippen LogP contribution in [0.25, 0.3) is 0 Å². The van der Waals surface area contributed by atoms with Gasteiger partial charge in [0.05, 0.1) is 11.1 Å². The van der Waals surface area contributed by atoms with E-state index in [2.05, 4.69) is 9.44 Å². The van der Waals surface area contributed by atoms with Gasteiger partial charge in [-0.3, -0.25) is 4.72 Å². The molecule has 0 aliphatic rings. The second-order valence-corrected chi connectivity index (χ2v) is 8.80. The van der Waals surface area contributed by atoms with Crippen LogP contribution in [0.1, 0.15) is 27.0 Å². The van der Waals surface area contributed by atoms with Gasteiger partial charge in [0.1, 0.15) is 0 Å². The number of hydrogen-bond acceptors (Lipinski definition) is 5. The fraction of sp³-hybridized carbons (Fsp3) is 0.174. The highest BCUT2D eigenvalue weighted by Crippen LogP contribution is 2.31. The molecule has 0 aliphatic carbocycles. The van der Waals surface area contributed by atoms with Gasteiger partial charge in [-0.05, 0) is 96.9 Å². The summed E-state index contributed by atoms with van der Waals surface area (Å²) in [7, 11) is 0. The molecule has 0 radical (unpaired) electrons. The van der Waals surface area contributed by atoms with E-state index in [1.165, 1.54) is 36.0 Å². The molecule has 0 atom stereocenters. The summed E-state index contributed by atoms with van der Waals surface area (Å²) in [5.74, 6) is -0.935. The predicted molar refractivity (Wildman–Crippen MR) is 123 cm³/mol. The number of anilines is 1. The number of rotatable bonds is 9. The molecule has 3 aromatic rings. The smallest absolute Gasteiger partial charge is 0.416 e. The molecule has 9 heteroatoms. The third-order valence-electron chi connectivity index (χ3n) is 4.57. The lowest BCUT2D eigenvalue weighted by atomic mass is 10.1. The molecule has 0 unspecified atom stereocenters. The van der Waals surface area contributed by atoms with E-state index >= 15 is 0 Å². The number of alkyl halides is 3. The van der Waals surface area contributed by atoms with Crippen molar-refractivity contribution in [3.8, 4) is 0 Å². The molecule has 3 rings (SSSR count). The highest BCUT2D eigenvalue weighted by molar-refractivity contribution is 8.00. The number of nitrogens with one attached hydrogen (secondary N) is 2. The van der Waals surface area contributed by atoms with Crippen molar-refractivity contribution in [2.45, 2.75) is 29.3 Å². The van der Waals surface area contributed by atoms with Crippen LogP contribution in [0.15, 0.2) is 76.5 Å². The van der Waals surface area contributed by atoms with Gasteiger partial charge in [-0.1, -0.05) is 18.2 Å². The number of hydrogen-bond donors (Lipinski definition) is 3. The van der Waals surface area contributed by atoms with Crippen LogP contribution in [0.2, 0.25) is 0 Å². The Bertz CT molecular complexity index is 1060. The van der Waals surface area contributed by atoms with Crippen molar-refractivity contribution in [2.24, 2.45) is 0 Å². The van der Waals surface area contributed by atoms with Gasteiger partial charge in [-0.15, -0.1) is 0 Å². The summed E-state index contributed by atoms with van der Waals surface area (Å²) >= 11 is 2.64. The fourth-order valence-corrected chi connectivity index (χ4v) is 4.12. The van der Waals surface area contributed by atoms with Crippen LogP contribution in [0.4, 0.5) is 18.9 Å². The lowest BCUT2D eigenvalue weighted by Gasteiger charge is -2.09. The quantitative estimate of drug-likeness (QED) is 0.236. The van der Waals surface area contributed by atoms with Crippen molar-refractivity contribution >= 4 is 35.6 Å². The second-order valence-electron chi connectivity index (χ2n) is 6.95. The minimum atomic E-state index is -4.33. The maximum atomic E-state index is 12.6. The van der Waals surface area contributed by atoms with E-state index in [9.17, 15) is 23.1 Å². The van der Waals surface area contributed by atoms with E-state index in [0.717, 1.165) is 40.3 Å². The standard InChI is InChI=1S/C23H21F3N2O2S2/c1-15-2-9-20(14-21(15)22(29)30)31-27-13-12-16-3-7-18(8-4-16)28-32-19-10-5-17(6-11-19)23(24,25)26/h2-11,14,27-28H,12-13H2,1H3,(H,29,30). The van der Waals surface area contributed by atoms with E-state index < -0.39 is 17.7 Å². The average molecular weight is 479 g/mol. The lowest BCUT2D eigenvalue weighted by Crippen LogP contribution is -2.09. The normalized spacial score (nSPS) is 11.4. The number of halogens is 3. The molecule has 3 aromatic carbocycles. The van der Waals surface area contributed by atoms with Crippen LogP contribution in [0, 0.1) is 6.92 Å². The van der Waals surface area contributed by atoms with Crippen LogP contribution in [-0.2, 0) is 12.6 Å². The number of carbonyl (C=O) groups is 1. The Balaban J connectivity index is 1.43. The first-order valence-electron chi connectivity index (χ1n) is 9.65. The van der Waals surface area contributed by atoms with Gasteiger partial charge in [0.2, 0.25) is 0 Å². The zero-order chi connectivity index (χ0) is 23.1. The number of carboxylic acids is 1. The molecule has 0 saturated carbocycles. The number of benzene rings is 3. The number of carboxylic acid groups (broad SMARTS) is 1. The van der Waals surface area contributed by atoms with Crippen LogP contribution >= 0.6 is 23.9 Å². The third-order valence-corrected chi connectivity index (χ3v) is 6.25.